The zero-order valence-corrected chi connectivity index (χ0v) is 22.5. The molecule has 3 amide bonds. The zero-order chi connectivity index (χ0) is 25.8. The molecule has 0 aliphatic carbocycles. The first-order chi connectivity index (χ1) is 17.3. The van der Waals surface area contributed by atoms with E-state index in [0.29, 0.717) is 25.1 Å². The average Bonchev–Trinajstić information content (AvgIpc) is 3.14. The van der Waals surface area contributed by atoms with Crippen LogP contribution in [0.15, 0.2) is 65.1 Å². The third-order valence-electron chi connectivity index (χ3n) is 6.83. The van der Waals surface area contributed by atoms with Gasteiger partial charge in [-0.05, 0) is 61.9 Å². The van der Waals surface area contributed by atoms with E-state index in [2.05, 4.69) is 21.2 Å². The van der Waals surface area contributed by atoms with Gasteiger partial charge in [0.1, 0.15) is 6.04 Å². The van der Waals surface area contributed by atoms with Crippen molar-refractivity contribution in [3.8, 4) is 0 Å². The van der Waals surface area contributed by atoms with Crippen molar-refractivity contribution >= 4 is 50.1 Å². The maximum absolute atomic E-state index is 13.4. The van der Waals surface area contributed by atoms with Crippen LogP contribution in [0.4, 0.5) is 5.69 Å². The molecule has 1 aliphatic heterocycles. The van der Waals surface area contributed by atoms with Crippen molar-refractivity contribution in [1.29, 1.82) is 0 Å². The molecule has 2 atom stereocenters. The quantitative estimate of drug-likeness (QED) is 0.354. The van der Waals surface area contributed by atoms with Crippen LogP contribution in [0.5, 0.6) is 0 Å². The van der Waals surface area contributed by atoms with Crippen LogP contribution >= 0.6 is 15.9 Å². The fraction of sp³-hybridized carbons (Fsp3) is 0.345. The summed E-state index contributed by atoms with van der Waals surface area (Å²) in [6.07, 6.45) is 1.56. The highest BCUT2D eigenvalue weighted by Gasteiger charge is 2.30. The third kappa shape index (κ3) is 5.46. The van der Waals surface area contributed by atoms with Crippen molar-refractivity contribution < 1.29 is 14.4 Å². The van der Waals surface area contributed by atoms with Crippen LogP contribution in [-0.2, 0) is 16.1 Å². The standard InChI is InChI=1S/C29H32BrN3O3/c1-4-19(2)31-28(35)20(3)33(18-21-9-5-12-23(30)17-21)26(34)15-8-16-32-25-14-7-11-22-10-6-13-24(27(22)25)29(32)36/h5-7,9-14,17,19-20H,4,8,15-16,18H2,1-3H3,(H,31,35)/t19-,20-/m0/s1. The van der Waals surface area contributed by atoms with Gasteiger partial charge in [0.05, 0.1) is 5.69 Å². The van der Waals surface area contributed by atoms with Crippen molar-refractivity contribution in [2.45, 2.75) is 58.7 Å². The largest absolute Gasteiger partial charge is 0.352 e. The summed E-state index contributed by atoms with van der Waals surface area (Å²) in [4.78, 5) is 42.8. The summed E-state index contributed by atoms with van der Waals surface area (Å²) in [5, 5.41) is 5.01. The van der Waals surface area contributed by atoms with Gasteiger partial charge in [-0.1, -0.05) is 59.3 Å². The van der Waals surface area contributed by atoms with Crippen molar-refractivity contribution in [2.24, 2.45) is 0 Å². The van der Waals surface area contributed by atoms with Gasteiger partial charge in [0.25, 0.3) is 5.91 Å². The summed E-state index contributed by atoms with van der Waals surface area (Å²) in [6, 6.07) is 18.9. The van der Waals surface area contributed by atoms with Crippen LogP contribution in [-0.4, -0.2) is 41.2 Å². The molecular weight excluding hydrogens is 518 g/mol. The minimum atomic E-state index is -0.614. The molecule has 0 saturated carbocycles. The Bertz CT molecular complexity index is 1290. The topological polar surface area (TPSA) is 69.7 Å². The SMILES string of the molecule is CC[C@H](C)NC(=O)[C@H](C)N(Cc1cccc(Br)c1)C(=O)CCCN1C(=O)c2cccc3cccc1c23. The molecule has 1 N–H and O–H groups in total. The number of hydrogen-bond acceptors (Lipinski definition) is 3. The van der Waals surface area contributed by atoms with Crippen LogP contribution in [0.2, 0.25) is 0 Å². The lowest BCUT2D eigenvalue weighted by atomic mass is 10.1. The highest BCUT2D eigenvalue weighted by molar-refractivity contribution is 9.10. The summed E-state index contributed by atoms with van der Waals surface area (Å²) in [5.74, 6) is -0.296. The Hall–Kier alpha value is -3.19. The van der Waals surface area contributed by atoms with E-state index in [9.17, 15) is 14.4 Å². The number of halogens is 1. The van der Waals surface area contributed by atoms with Crippen molar-refractivity contribution in [3.05, 3.63) is 76.3 Å². The molecular formula is C29H32BrN3O3. The predicted molar refractivity (Wildman–Crippen MR) is 147 cm³/mol. The minimum Gasteiger partial charge on any atom is -0.352 e. The van der Waals surface area contributed by atoms with Gasteiger partial charge in [-0.3, -0.25) is 14.4 Å². The second-order valence-electron chi connectivity index (χ2n) is 9.39. The van der Waals surface area contributed by atoms with Gasteiger partial charge in [0.2, 0.25) is 11.8 Å². The first-order valence-electron chi connectivity index (χ1n) is 12.5. The molecule has 0 spiro atoms. The van der Waals surface area contributed by atoms with Crippen LogP contribution in [0.25, 0.3) is 10.8 Å². The first kappa shape index (κ1) is 25.9. The zero-order valence-electron chi connectivity index (χ0n) is 21.0. The molecule has 0 unspecified atom stereocenters. The van der Waals surface area contributed by atoms with Gasteiger partial charge in [0, 0.05) is 41.0 Å². The first-order valence-corrected chi connectivity index (χ1v) is 13.3. The molecule has 4 rings (SSSR count). The summed E-state index contributed by atoms with van der Waals surface area (Å²) < 4.78 is 0.922. The summed E-state index contributed by atoms with van der Waals surface area (Å²) in [7, 11) is 0. The number of nitrogens with zero attached hydrogens (tertiary/aromatic N) is 2. The van der Waals surface area contributed by atoms with E-state index in [0.717, 1.165) is 32.9 Å². The van der Waals surface area contributed by atoms with Crippen molar-refractivity contribution in [2.75, 3.05) is 11.4 Å². The molecule has 6 nitrogen and oxygen atoms in total. The number of benzene rings is 3. The van der Waals surface area contributed by atoms with Gasteiger partial charge in [0.15, 0.2) is 0 Å². The molecule has 0 radical (unpaired) electrons. The van der Waals surface area contributed by atoms with Crippen molar-refractivity contribution in [1.82, 2.24) is 10.2 Å². The third-order valence-corrected chi connectivity index (χ3v) is 7.32. The molecule has 0 saturated heterocycles. The average molecular weight is 550 g/mol. The normalized spacial score (nSPS) is 14.1. The summed E-state index contributed by atoms with van der Waals surface area (Å²) >= 11 is 3.49. The maximum Gasteiger partial charge on any atom is 0.258 e. The lowest BCUT2D eigenvalue weighted by Crippen LogP contribution is -2.49. The Morgan fingerprint density at radius 1 is 1.06 bits per heavy atom. The molecule has 0 bridgehead atoms. The maximum atomic E-state index is 13.4. The number of amides is 3. The van der Waals surface area contributed by atoms with Crippen molar-refractivity contribution in [3.63, 3.8) is 0 Å². The van der Waals surface area contributed by atoms with E-state index in [4.69, 9.17) is 0 Å². The van der Waals surface area contributed by atoms with E-state index in [1.165, 1.54) is 0 Å². The molecule has 36 heavy (non-hydrogen) atoms. The second-order valence-corrected chi connectivity index (χ2v) is 10.3. The van der Waals surface area contributed by atoms with Gasteiger partial charge in [-0.15, -0.1) is 0 Å². The van der Waals surface area contributed by atoms with E-state index >= 15 is 0 Å². The Balaban J connectivity index is 1.46. The minimum absolute atomic E-state index is 0.0264. The summed E-state index contributed by atoms with van der Waals surface area (Å²) in [5.41, 5.74) is 2.55. The molecule has 1 heterocycles. The van der Waals surface area contributed by atoms with Crippen LogP contribution in [0, 0.1) is 0 Å². The number of carbonyl (C=O) groups excluding carboxylic acids is 3. The number of rotatable bonds is 10. The molecule has 3 aromatic rings. The number of carbonyl (C=O) groups is 3. The Kier molecular flexibility index (Phi) is 8.09. The van der Waals surface area contributed by atoms with E-state index in [-0.39, 0.29) is 30.2 Å². The molecule has 3 aromatic carbocycles. The smallest absolute Gasteiger partial charge is 0.258 e. The number of hydrogen-bond donors (Lipinski definition) is 1. The molecule has 188 valence electrons. The Morgan fingerprint density at radius 2 is 1.78 bits per heavy atom. The fourth-order valence-corrected chi connectivity index (χ4v) is 5.06. The predicted octanol–water partition coefficient (Wildman–Crippen LogP) is 5.67. The van der Waals surface area contributed by atoms with E-state index in [1.54, 1.807) is 16.7 Å². The Morgan fingerprint density at radius 3 is 2.50 bits per heavy atom. The van der Waals surface area contributed by atoms with Crippen LogP contribution in [0.1, 0.15) is 56.0 Å². The van der Waals surface area contributed by atoms with Gasteiger partial charge in [-0.2, -0.15) is 0 Å². The monoisotopic (exact) mass is 549 g/mol. The van der Waals surface area contributed by atoms with Crippen LogP contribution in [0.3, 0.4) is 0 Å². The van der Waals surface area contributed by atoms with Gasteiger partial charge < -0.3 is 15.1 Å². The van der Waals surface area contributed by atoms with E-state index < -0.39 is 6.04 Å². The fourth-order valence-electron chi connectivity index (χ4n) is 4.61. The Labute approximate surface area is 220 Å². The van der Waals surface area contributed by atoms with Crippen LogP contribution < -0.4 is 10.2 Å². The van der Waals surface area contributed by atoms with Gasteiger partial charge in [-0.25, -0.2) is 0 Å². The van der Waals surface area contributed by atoms with Gasteiger partial charge >= 0.3 is 0 Å². The molecule has 1 aliphatic rings. The number of anilines is 1. The highest BCUT2D eigenvalue weighted by atomic mass is 79.9. The second kappa shape index (κ2) is 11.2. The molecule has 0 aromatic heterocycles. The summed E-state index contributed by atoms with van der Waals surface area (Å²) in [6.45, 7) is 6.52. The highest BCUT2D eigenvalue weighted by Crippen LogP contribution is 2.37. The molecule has 7 heteroatoms. The lowest BCUT2D eigenvalue weighted by Gasteiger charge is -2.30. The number of nitrogens with one attached hydrogen (secondary N) is 1. The lowest BCUT2D eigenvalue weighted by molar-refractivity contribution is -0.140. The molecule has 0 fully saturated rings. The van der Waals surface area contributed by atoms with E-state index in [1.807, 2.05) is 74.5 Å².